The summed E-state index contributed by atoms with van der Waals surface area (Å²) >= 11 is 1.26. The second-order valence-electron chi connectivity index (χ2n) is 6.82. The average Bonchev–Trinajstić information content (AvgIpc) is 3.04. The van der Waals surface area contributed by atoms with E-state index in [-0.39, 0.29) is 23.2 Å². The third kappa shape index (κ3) is 4.34. The maximum atomic E-state index is 14.0. The van der Waals surface area contributed by atoms with Gasteiger partial charge in [0.15, 0.2) is 0 Å². The molecule has 0 saturated carbocycles. The first-order chi connectivity index (χ1) is 13.8. The van der Waals surface area contributed by atoms with Gasteiger partial charge < -0.3 is 5.32 Å². The molecule has 0 aliphatic rings. The van der Waals surface area contributed by atoms with Gasteiger partial charge >= 0.3 is 0 Å². The zero-order chi connectivity index (χ0) is 21.2. The topological polar surface area (TPSA) is 66.5 Å². The summed E-state index contributed by atoms with van der Waals surface area (Å²) < 4.78 is 41.0. The number of benzene rings is 2. The Bertz CT molecular complexity index is 1140. The number of halogens is 1. The number of hydrogen-bond acceptors (Lipinski definition) is 4. The fourth-order valence-electron chi connectivity index (χ4n) is 3.13. The van der Waals surface area contributed by atoms with Crippen molar-refractivity contribution in [3.05, 3.63) is 64.3 Å². The summed E-state index contributed by atoms with van der Waals surface area (Å²) in [5.41, 5.74) is 1.40. The molecule has 0 aliphatic heterocycles. The monoisotopic (exact) mass is 434 g/mol. The van der Waals surface area contributed by atoms with Crippen LogP contribution in [0.2, 0.25) is 0 Å². The van der Waals surface area contributed by atoms with Crippen molar-refractivity contribution < 1.29 is 17.6 Å². The number of amides is 1. The molecule has 0 spiro atoms. The molecule has 1 aromatic heterocycles. The van der Waals surface area contributed by atoms with Crippen LogP contribution in [0.15, 0.2) is 47.4 Å². The fraction of sp³-hybridized carbons (Fsp3) is 0.286. The molecule has 154 valence electrons. The Kier molecular flexibility index (Phi) is 6.36. The molecule has 5 nitrogen and oxygen atoms in total. The smallest absolute Gasteiger partial charge is 0.261 e. The van der Waals surface area contributed by atoms with Gasteiger partial charge in [-0.25, -0.2) is 17.1 Å². The van der Waals surface area contributed by atoms with Crippen LogP contribution in [-0.2, 0) is 16.6 Å². The van der Waals surface area contributed by atoms with Crippen molar-refractivity contribution in [3.63, 3.8) is 0 Å². The number of thiophene rings is 1. The van der Waals surface area contributed by atoms with Crippen molar-refractivity contribution in [3.8, 4) is 0 Å². The fourth-order valence-corrected chi connectivity index (χ4v) is 5.53. The van der Waals surface area contributed by atoms with Gasteiger partial charge in [0.2, 0.25) is 10.0 Å². The molecule has 0 bridgehead atoms. The van der Waals surface area contributed by atoms with E-state index < -0.39 is 10.0 Å². The Morgan fingerprint density at radius 1 is 1.17 bits per heavy atom. The van der Waals surface area contributed by atoms with E-state index in [1.54, 1.807) is 50.4 Å². The Balaban J connectivity index is 1.71. The minimum Gasteiger partial charge on any atom is -0.347 e. The third-order valence-electron chi connectivity index (χ3n) is 4.73. The number of carbonyl (C=O) groups is 1. The molecule has 0 aliphatic carbocycles. The highest BCUT2D eigenvalue weighted by atomic mass is 32.2. The highest BCUT2D eigenvalue weighted by Gasteiger charge is 2.20. The molecule has 0 radical (unpaired) electrons. The lowest BCUT2D eigenvalue weighted by atomic mass is 10.1. The van der Waals surface area contributed by atoms with Crippen LogP contribution in [0.5, 0.6) is 0 Å². The van der Waals surface area contributed by atoms with Crippen LogP contribution in [0.4, 0.5) is 4.39 Å². The number of carbonyl (C=O) groups excluding carboxylic acids is 1. The molecule has 0 saturated heterocycles. The molecule has 1 amide bonds. The van der Waals surface area contributed by atoms with E-state index in [0.717, 1.165) is 16.7 Å². The van der Waals surface area contributed by atoms with E-state index >= 15 is 0 Å². The predicted octanol–water partition coefficient (Wildman–Crippen LogP) is 4.31. The summed E-state index contributed by atoms with van der Waals surface area (Å²) in [6.07, 6.45) is 0.737. The van der Waals surface area contributed by atoms with Gasteiger partial charge in [-0.1, -0.05) is 25.1 Å². The molecule has 8 heteroatoms. The molecular weight excluding hydrogens is 411 g/mol. The standard InChI is InChI=1S/C21H23FN2O3S2/c1-4-12-24(3)29(26,27)16-10-8-15(9-11-16)13-23-21(25)20-14(2)19-17(22)6-5-7-18(19)28-20/h5-11H,4,12-13H2,1-3H3,(H,23,25). The summed E-state index contributed by atoms with van der Waals surface area (Å²) in [5, 5.41) is 3.31. The SMILES string of the molecule is CCCN(C)S(=O)(=O)c1ccc(CNC(=O)c2sc3cccc(F)c3c2C)cc1. The molecule has 1 N–H and O–H groups in total. The van der Waals surface area contributed by atoms with Crippen molar-refractivity contribution in [1.29, 1.82) is 0 Å². The third-order valence-corrected chi connectivity index (χ3v) is 7.86. The first-order valence-corrected chi connectivity index (χ1v) is 11.5. The van der Waals surface area contributed by atoms with E-state index in [4.69, 9.17) is 0 Å². The van der Waals surface area contributed by atoms with Gasteiger partial charge in [-0.15, -0.1) is 11.3 Å². The number of fused-ring (bicyclic) bond motifs is 1. The molecule has 29 heavy (non-hydrogen) atoms. The molecule has 3 rings (SSSR count). The van der Waals surface area contributed by atoms with Gasteiger partial charge in [0.05, 0.1) is 9.77 Å². The van der Waals surface area contributed by atoms with Crippen LogP contribution in [0.3, 0.4) is 0 Å². The average molecular weight is 435 g/mol. The van der Waals surface area contributed by atoms with E-state index in [0.29, 0.717) is 22.4 Å². The molecule has 3 aromatic rings. The number of nitrogens with zero attached hydrogens (tertiary/aromatic N) is 1. The normalized spacial score (nSPS) is 11.9. The summed E-state index contributed by atoms with van der Waals surface area (Å²) in [4.78, 5) is 13.3. The first-order valence-electron chi connectivity index (χ1n) is 9.26. The highest BCUT2D eigenvalue weighted by Crippen LogP contribution is 2.32. The van der Waals surface area contributed by atoms with Gasteiger partial charge in [-0.05, 0) is 48.7 Å². The molecule has 0 unspecified atom stereocenters. The van der Waals surface area contributed by atoms with Crippen LogP contribution in [0.25, 0.3) is 10.1 Å². The first kappa shape index (κ1) is 21.4. The maximum absolute atomic E-state index is 14.0. The molecule has 0 fully saturated rings. The van der Waals surface area contributed by atoms with E-state index in [1.165, 1.54) is 21.7 Å². The molecule has 2 aromatic carbocycles. The minimum atomic E-state index is -3.50. The van der Waals surface area contributed by atoms with Crippen LogP contribution in [-0.4, -0.2) is 32.2 Å². The summed E-state index contributed by atoms with van der Waals surface area (Å²) in [7, 11) is -1.95. The predicted molar refractivity (Wildman–Crippen MR) is 114 cm³/mol. The Hall–Kier alpha value is -2.29. The number of sulfonamides is 1. The van der Waals surface area contributed by atoms with E-state index in [9.17, 15) is 17.6 Å². The van der Waals surface area contributed by atoms with Crippen LogP contribution >= 0.6 is 11.3 Å². The van der Waals surface area contributed by atoms with Crippen molar-refractivity contribution in [2.24, 2.45) is 0 Å². The summed E-state index contributed by atoms with van der Waals surface area (Å²) in [5.74, 6) is -0.609. The van der Waals surface area contributed by atoms with Crippen molar-refractivity contribution in [2.75, 3.05) is 13.6 Å². The lowest BCUT2D eigenvalue weighted by Crippen LogP contribution is -2.27. The summed E-state index contributed by atoms with van der Waals surface area (Å²) in [6.45, 7) is 4.36. The zero-order valence-electron chi connectivity index (χ0n) is 16.5. The lowest BCUT2D eigenvalue weighted by molar-refractivity contribution is 0.0954. The quantitative estimate of drug-likeness (QED) is 0.603. The van der Waals surface area contributed by atoms with Gasteiger partial charge in [0, 0.05) is 30.2 Å². The van der Waals surface area contributed by atoms with Crippen LogP contribution < -0.4 is 5.32 Å². The second kappa shape index (κ2) is 8.61. The molecule has 1 heterocycles. The van der Waals surface area contributed by atoms with E-state index in [1.807, 2.05) is 6.92 Å². The van der Waals surface area contributed by atoms with Gasteiger partial charge in [-0.2, -0.15) is 0 Å². The van der Waals surface area contributed by atoms with Crippen molar-refractivity contribution in [2.45, 2.75) is 31.7 Å². The molecular formula is C21H23FN2O3S2. The van der Waals surface area contributed by atoms with Crippen molar-refractivity contribution >= 4 is 37.4 Å². The van der Waals surface area contributed by atoms with Gasteiger partial charge in [0.1, 0.15) is 5.82 Å². The second-order valence-corrected chi connectivity index (χ2v) is 9.92. The van der Waals surface area contributed by atoms with Gasteiger partial charge in [-0.3, -0.25) is 4.79 Å². The largest absolute Gasteiger partial charge is 0.347 e. The highest BCUT2D eigenvalue weighted by molar-refractivity contribution is 7.89. The number of hydrogen-bond donors (Lipinski definition) is 1. The lowest BCUT2D eigenvalue weighted by Gasteiger charge is -2.16. The number of rotatable bonds is 7. The number of nitrogens with one attached hydrogen (secondary N) is 1. The van der Waals surface area contributed by atoms with Crippen molar-refractivity contribution in [1.82, 2.24) is 9.62 Å². The Morgan fingerprint density at radius 3 is 2.48 bits per heavy atom. The minimum absolute atomic E-state index is 0.222. The number of aryl methyl sites for hydroxylation is 1. The molecule has 0 atom stereocenters. The van der Waals surface area contributed by atoms with Crippen LogP contribution in [0.1, 0.15) is 34.1 Å². The van der Waals surface area contributed by atoms with Crippen LogP contribution in [0, 0.1) is 12.7 Å². The Labute approximate surface area is 174 Å². The maximum Gasteiger partial charge on any atom is 0.261 e. The zero-order valence-corrected chi connectivity index (χ0v) is 18.2. The Morgan fingerprint density at radius 2 is 1.86 bits per heavy atom. The van der Waals surface area contributed by atoms with E-state index in [2.05, 4.69) is 5.32 Å². The van der Waals surface area contributed by atoms with Gasteiger partial charge in [0.25, 0.3) is 5.91 Å². The summed E-state index contributed by atoms with van der Waals surface area (Å²) in [6, 6.07) is 11.3.